The van der Waals surface area contributed by atoms with Crippen LogP contribution in [0.25, 0.3) is 11.6 Å². The first-order chi connectivity index (χ1) is 10.5. The van der Waals surface area contributed by atoms with Crippen LogP contribution in [0.3, 0.4) is 0 Å². The van der Waals surface area contributed by atoms with E-state index in [4.69, 9.17) is 9.84 Å². The highest BCUT2D eigenvalue weighted by molar-refractivity contribution is 6.27. The monoisotopic (exact) mass is 296 g/mol. The Morgan fingerprint density at radius 2 is 1.77 bits per heavy atom. The zero-order chi connectivity index (χ0) is 15.9. The third-order valence-electron chi connectivity index (χ3n) is 3.59. The van der Waals surface area contributed by atoms with E-state index in [0.717, 1.165) is 0 Å². The van der Waals surface area contributed by atoms with Crippen molar-refractivity contribution < 1.29 is 24.5 Å². The number of phenolic OH excluding ortho intramolecular Hbond substituents is 1. The molecule has 5 heteroatoms. The third-order valence-corrected chi connectivity index (χ3v) is 3.59. The molecule has 0 radical (unpaired) electrons. The van der Waals surface area contributed by atoms with Gasteiger partial charge in [0.15, 0.2) is 5.78 Å². The minimum absolute atomic E-state index is 0.133. The Morgan fingerprint density at radius 3 is 2.36 bits per heavy atom. The number of hydrogen-bond acceptors (Lipinski definition) is 4. The Bertz CT molecular complexity index is 816. The summed E-state index contributed by atoms with van der Waals surface area (Å²) >= 11 is 0. The number of carboxylic acid groups (broad SMARTS) is 1. The standard InChI is InChI=1S/C17H12O5/c1-22-11-4-2-9(3-5-11)16(19)14-7-10-6-13(17(20)21)12(10)8-15(14)18/h2-8,18H,1H3,(H,20,21). The predicted molar refractivity (Wildman–Crippen MR) is 80.0 cm³/mol. The maximum absolute atomic E-state index is 12.4. The van der Waals surface area contributed by atoms with Crippen molar-refractivity contribution in [2.45, 2.75) is 0 Å². The molecule has 5 nitrogen and oxygen atoms in total. The molecule has 0 aromatic heterocycles. The second kappa shape index (κ2) is 5.04. The van der Waals surface area contributed by atoms with E-state index in [0.29, 0.717) is 22.4 Å². The fourth-order valence-electron chi connectivity index (χ4n) is 2.37. The third kappa shape index (κ3) is 2.13. The summed E-state index contributed by atoms with van der Waals surface area (Å²) < 4.78 is 5.03. The number of aliphatic carboxylic acids is 1. The van der Waals surface area contributed by atoms with Gasteiger partial charge >= 0.3 is 5.97 Å². The molecule has 3 rings (SSSR count). The maximum atomic E-state index is 12.4. The largest absolute Gasteiger partial charge is 0.507 e. The van der Waals surface area contributed by atoms with Crippen LogP contribution in [0.4, 0.5) is 0 Å². The lowest BCUT2D eigenvalue weighted by Crippen LogP contribution is -2.11. The summed E-state index contributed by atoms with van der Waals surface area (Å²) in [6.45, 7) is 0. The van der Waals surface area contributed by atoms with Gasteiger partial charge in [0.1, 0.15) is 11.5 Å². The van der Waals surface area contributed by atoms with Gasteiger partial charge in [-0.05, 0) is 53.6 Å². The Balaban J connectivity index is 1.95. The first-order valence-corrected chi connectivity index (χ1v) is 6.52. The number of hydrogen-bond donors (Lipinski definition) is 2. The molecule has 22 heavy (non-hydrogen) atoms. The molecule has 0 bridgehead atoms. The van der Waals surface area contributed by atoms with Crippen LogP contribution in [0.5, 0.6) is 11.5 Å². The topological polar surface area (TPSA) is 83.8 Å². The summed E-state index contributed by atoms with van der Waals surface area (Å²) in [7, 11) is 1.53. The van der Waals surface area contributed by atoms with E-state index in [1.54, 1.807) is 24.3 Å². The number of ether oxygens (including phenoxy) is 1. The molecule has 0 spiro atoms. The molecule has 0 fully saturated rings. The first kappa shape index (κ1) is 13.9. The zero-order valence-corrected chi connectivity index (χ0v) is 11.7. The molecule has 0 atom stereocenters. The maximum Gasteiger partial charge on any atom is 0.336 e. The molecule has 2 aromatic rings. The minimum atomic E-state index is -1.05. The van der Waals surface area contributed by atoms with E-state index < -0.39 is 5.97 Å². The number of methoxy groups -OCH3 is 1. The molecule has 0 amide bonds. The molecule has 0 saturated heterocycles. The van der Waals surface area contributed by atoms with Crippen molar-refractivity contribution in [2.24, 2.45) is 0 Å². The van der Waals surface area contributed by atoms with Crippen molar-refractivity contribution in [2.75, 3.05) is 7.11 Å². The SMILES string of the molecule is COc1ccc(C(=O)c2cc3c(cc2O)C(C(=O)O)=C3)cc1. The quantitative estimate of drug-likeness (QED) is 0.847. The molecule has 0 saturated carbocycles. The van der Waals surface area contributed by atoms with Crippen LogP contribution >= 0.6 is 0 Å². The Labute approximate surface area is 126 Å². The Morgan fingerprint density at radius 1 is 1.09 bits per heavy atom. The van der Waals surface area contributed by atoms with Gasteiger partial charge in [0.05, 0.1) is 18.2 Å². The summed E-state index contributed by atoms with van der Waals surface area (Å²) in [4.78, 5) is 23.4. The first-order valence-electron chi connectivity index (χ1n) is 6.52. The van der Waals surface area contributed by atoms with Crippen molar-refractivity contribution in [3.05, 3.63) is 58.7 Å². The van der Waals surface area contributed by atoms with Crippen LogP contribution in [0.2, 0.25) is 0 Å². The van der Waals surface area contributed by atoms with Crippen molar-refractivity contribution in [1.29, 1.82) is 0 Å². The normalized spacial score (nSPS) is 12.0. The van der Waals surface area contributed by atoms with Gasteiger partial charge in [-0.2, -0.15) is 0 Å². The van der Waals surface area contributed by atoms with Gasteiger partial charge in [0.2, 0.25) is 0 Å². The highest BCUT2D eigenvalue weighted by Crippen LogP contribution is 2.37. The predicted octanol–water partition coefficient (Wildman–Crippen LogP) is 2.57. The summed E-state index contributed by atoms with van der Waals surface area (Å²) in [5.74, 6) is -0.986. The van der Waals surface area contributed by atoms with E-state index in [9.17, 15) is 14.7 Å². The molecule has 1 aliphatic carbocycles. The van der Waals surface area contributed by atoms with Crippen molar-refractivity contribution in [3.63, 3.8) is 0 Å². The van der Waals surface area contributed by atoms with Crippen LogP contribution in [-0.4, -0.2) is 29.1 Å². The van der Waals surface area contributed by atoms with Crippen LogP contribution in [0.15, 0.2) is 36.4 Å². The number of rotatable bonds is 4. The molecule has 110 valence electrons. The molecule has 0 aliphatic heterocycles. The van der Waals surface area contributed by atoms with E-state index in [2.05, 4.69) is 0 Å². The second-order valence-corrected chi connectivity index (χ2v) is 4.88. The van der Waals surface area contributed by atoms with Gasteiger partial charge in [-0.15, -0.1) is 0 Å². The smallest absolute Gasteiger partial charge is 0.336 e. The minimum Gasteiger partial charge on any atom is -0.507 e. The van der Waals surface area contributed by atoms with E-state index in [1.807, 2.05) is 0 Å². The molecule has 0 heterocycles. The van der Waals surface area contributed by atoms with Gasteiger partial charge in [0, 0.05) is 5.56 Å². The Hall–Kier alpha value is -3.08. The average Bonchev–Trinajstić information content (AvgIpc) is 2.50. The molecule has 2 aromatic carbocycles. The van der Waals surface area contributed by atoms with Crippen LogP contribution in [0.1, 0.15) is 27.0 Å². The number of carbonyl (C=O) groups excluding carboxylic acids is 1. The van der Waals surface area contributed by atoms with Gasteiger partial charge in [-0.25, -0.2) is 4.79 Å². The van der Waals surface area contributed by atoms with Crippen molar-refractivity contribution >= 4 is 23.4 Å². The van der Waals surface area contributed by atoms with Crippen molar-refractivity contribution in [1.82, 2.24) is 0 Å². The number of fused-ring (bicyclic) bond motifs is 1. The van der Waals surface area contributed by atoms with E-state index in [1.165, 1.54) is 25.3 Å². The lowest BCUT2D eigenvalue weighted by molar-refractivity contribution is -0.130. The molecule has 2 N–H and O–H groups in total. The van der Waals surface area contributed by atoms with Crippen LogP contribution < -0.4 is 4.74 Å². The summed E-state index contributed by atoms with van der Waals surface area (Å²) in [6.07, 6.45) is 1.47. The highest BCUT2D eigenvalue weighted by Gasteiger charge is 2.26. The fourth-order valence-corrected chi connectivity index (χ4v) is 2.37. The van der Waals surface area contributed by atoms with Gasteiger partial charge in [-0.1, -0.05) is 0 Å². The highest BCUT2D eigenvalue weighted by atomic mass is 16.5. The average molecular weight is 296 g/mol. The summed E-state index contributed by atoms with van der Waals surface area (Å²) in [6, 6.07) is 9.36. The number of aromatic hydroxyl groups is 1. The van der Waals surface area contributed by atoms with Crippen LogP contribution in [-0.2, 0) is 4.79 Å². The van der Waals surface area contributed by atoms with E-state index >= 15 is 0 Å². The molecular formula is C17H12O5. The number of carbonyl (C=O) groups is 2. The van der Waals surface area contributed by atoms with Crippen LogP contribution in [0, 0.1) is 0 Å². The number of phenols is 1. The summed E-state index contributed by atoms with van der Waals surface area (Å²) in [5, 5.41) is 19.0. The van der Waals surface area contributed by atoms with Gasteiger partial charge in [0.25, 0.3) is 0 Å². The van der Waals surface area contributed by atoms with Gasteiger partial charge in [-0.3, -0.25) is 4.79 Å². The zero-order valence-electron chi connectivity index (χ0n) is 11.7. The Kier molecular flexibility index (Phi) is 3.18. The number of ketones is 1. The molecule has 0 unspecified atom stereocenters. The lowest BCUT2D eigenvalue weighted by Gasteiger charge is -2.18. The molecular weight excluding hydrogens is 284 g/mol. The van der Waals surface area contributed by atoms with Crippen molar-refractivity contribution in [3.8, 4) is 11.5 Å². The van der Waals surface area contributed by atoms with E-state index in [-0.39, 0.29) is 22.7 Å². The lowest BCUT2D eigenvalue weighted by atomic mass is 9.85. The number of carboxylic acids is 1. The second-order valence-electron chi connectivity index (χ2n) is 4.88. The summed E-state index contributed by atoms with van der Waals surface area (Å²) in [5.41, 5.74) is 1.76. The molecule has 1 aliphatic rings. The fraction of sp³-hybridized carbons (Fsp3) is 0.0588. The van der Waals surface area contributed by atoms with Gasteiger partial charge < -0.3 is 14.9 Å². The number of benzene rings is 2.